The molecule has 20 heavy (non-hydrogen) atoms. The molecule has 0 bridgehead atoms. The Morgan fingerprint density at radius 3 is 2.70 bits per heavy atom. The predicted octanol–water partition coefficient (Wildman–Crippen LogP) is 0.0691. The van der Waals surface area contributed by atoms with Crippen molar-refractivity contribution in [3.8, 4) is 0 Å². The summed E-state index contributed by atoms with van der Waals surface area (Å²) in [7, 11) is 4.35. The van der Waals surface area contributed by atoms with Gasteiger partial charge in [0.25, 0.3) is 0 Å². The number of hydrogen-bond donors (Lipinski definition) is 1. The summed E-state index contributed by atoms with van der Waals surface area (Å²) in [6.07, 6.45) is 2.59. The van der Waals surface area contributed by atoms with Crippen LogP contribution in [0, 0.1) is 0 Å². The van der Waals surface area contributed by atoms with Crippen molar-refractivity contribution >= 4 is 10.0 Å². The number of nitrogens with zero attached hydrogens (tertiary/aromatic N) is 3. The van der Waals surface area contributed by atoms with Crippen LogP contribution in [0.4, 0.5) is 0 Å². The Balaban J connectivity index is 2.21. The first-order valence-electron chi connectivity index (χ1n) is 6.82. The molecule has 1 atom stereocenters. The van der Waals surface area contributed by atoms with E-state index in [1.807, 2.05) is 32.8 Å². The van der Waals surface area contributed by atoms with E-state index >= 15 is 0 Å². The Hall–Kier alpha value is -0.890. The molecule has 1 saturated heterocycles. The fraction of sp³-hybridized carbons (Fsp3) is 0.692. The normalized spacial score (nSPS) is 20.9. The highest BCUT2D eigenvalue weighted by Crippen LogP contribution is 2.24. The molecule has 1 aromatic heterocycles. The topological polar surface area (TPSA) is 57.6 Å². The van der Waals surface area contributed by atoms with E-state index in [0.29, 0.717) is 30.6 Å². The molecule has 7 heteroatoms. The standard InChI is InChI=1S/C13H24N4O2S/c1-14-8-12-7-13(10-16(12)4)20(18,19)17-6-5-11(9-17)15(2)3/h7,10-11,14H,5-6,8-9H2,1-4H3. The molecule has 2 rings (SSSR count). The Morgan fingerprint density at radius 1 is 1.45 bits per heavy atom. The molecular formula is C13H24N4O2S. The number of rotatable bonds is 5. The van der Waals surface area contributed by atoms with Crippen LogP contribution in [0.5, 0.6) is 0 Å². The molecule has 0 spiro atoms. The lowest BCUT2D eigenvalue weighted by atomic mass is 10.2. The van der Waals surface area contributed by atoms with Crippen molar-refractivity contribution in [1.29, 1.82) is 0 Å². The molecule has 1 aliphatic rings. The lowest BCUT2D eigenvalue weighted by Crippen LogP contribution is -2.34. The van der Waals surface area contributed by atoms with Crippen molar-refractivity contribution in [1.82, 2.24) is 19.1 Å². The molecule has 1 unspecified atom stereocenters. The zero-order valence-corrected chi connectivity index (χ0v) is 13.4. The van der Waals surface area contributed by atoms with Crippen molar-refractivity contribution in [3.05, 3.63) is 18.0 Å². The summed E-state index contributed by atoms with van der Waals surface area (Å²) in [6, 6.07) is 2.07. The molecule has 2 heterocycles. The van der Waals surface area contributed by atoms with Gasteiger partial charge in [0.2, 0.25) is 10.0 Å². The summed E-state index contributed by atoms with van der Waals surface area (Å²) >= 11 is 0. The summed E-state index contributed by atoms with van der Waals surface area (Å²) in [5.41, 5.74) is 0.967. The highest BCUT2D eigenvalue weighted by atomic mass is 32.2. The second-order valence-corrected chi connectivity index (χ2v) is 7.52. The lowest BCUT2D eigenvalue weighted by molar-refractivity contribution is 0.302. The summed E-state index contributed by atoms with van der Waals surface area (Å²) < 4.78 is 28.7. The fourth-order valence-corrected chi connectivity index (χ4v) is 4.16. The fourth-order valence-electron chi connectivity index (χ4n) is 2.57. The highest BCUT2D eigenvalue weighted by Gasteiger charge is 2.34. The van der Waals surface area contributed by atoms with Crippen LogP contribution in [0.1, 0.15) is 12.1 Å². The molecule has 114 valence electrons. The van der Waals surface area contributed by atoms with Crippen molar-refractivity contribution in [2.24, 2.45) is 7.05 Å². The largest absolute Gasteiger partial charge is 0.352 e. The minimum atomic E-state index is -3.37. The van der Waals surface area contributed by atoms with Gasteiger partial charge in [-0.25, -0.2) is 8.42 Å². The SMILES string of the molecule is CNCc1cc(S(=O)(=O)N2CCC(N(C)C)C2)cn1C. The Kier molecular flexibility index (Phi) is 4.53. The van der Waals surface area contributed by atoms with Crippen molar-refractivity contribution < 1.29 is 8.42 Å². The van der Waals surface area contributed by atoms with Gasteiger partial charge in [0.1, 0.15) is 4.90 Å². The molecule has 0 saturated carbocycles. The summed E-state index contributed by atoms with van der Waals surface area (Å²) in [5, 5.41) is 3.05. The van der Waals surface area contributed by atoms with Gasteiger partial charge >= 0.3 is 0 Å². The molecule has 1 fully saturated rings. The number of aromatic nitrogens is 1. The Morgan fingerprint density at radius 2 is 2.15 bits per heavy atom. The molecule has 0 radical (unpaired) electrons. The summed E-state index contributed by atoms with van der Waals surface area (Å²) in [6.45, 7) is 1.83. The van der Waals surface area contributed by atoms with E-state index < -0.39 is 10.0 Å². The van der Waals surface area contributed by atoms with Crippen molar-refractivity contribution in [2.45, 2.75) is 23.9 Å². The van der Waals surface area contributed by atoms with Crippen molar-refractivity contribution in [2.75, 3.05) is 34.2 Å². The van der Waals surface area contributed by atoms with E-state index in [1.54, 1.807) is 16.6 Å². The molecular weight excluding hydrogens is 276 g/mol. The number of sulfonamides is 1. The number of likely N-dealkylation sites (N-methyl/N-ethyl adjacent to an activating group) is 1. The smallest absolute Gasteiger partial charge is 0.244 e. The zero-order valence-electron chi connectivity index (χ0n) is 12.6. The first-order valence-corrected chi connectivity index (χ1v) is 8.26. The highest BCUT2D eigenvalue weighted by molar-refractivity contribution is 7.89. The third-order valence-electron chi connectivity index (χ3n) is 3.93. The molecule has 0 amide bonds. The van der Waals surface area contributed by atoms with E-state index in [0.717, 1.165) is 12.1 Å². The van der Waals surface area contributed by atoms with E-state index in [4.69, 9.17) is 0 Å². The van der Waals surface area contributed by atoms with Gasteiger partial charge in [-0.1, -0.05) is 0 Å². The third kappa shape index (κ3) is 2.90. The van der Waals surface area contributed by atoms with Crippen LogP contribution in [-0.4, -0.2) is 62.5 Å². The maximum Gasteiger partial charge on any atom is 0.244 e. The van der Waals surface area contributed by atoms with Crippen molar-refractivity contribution in [3.63, 3.8) is 0 Å². The Bertz CT molecular complexity index is 565. The van der Waals surface area contributed by atoms with Crippen LogP contribution in [-0.2, 0) is 23.6 Å². The third-order valence-corrected chi connectivity index (χ3v) is 5.77. The second-order valence-electron chi connectivity index (χ2n) is 5.58. The van der Waals surface area contributed by atoms with Crippen LogP contribution in [0.3, 0.4) is 0 Å². The monoisotopic (exact) mass is 300 g/mol. The summed E-state index contributed by atoms with van der Waals surface area (Å²) in [5.74, 6) is 0. The first kappa shape index (κ1) is 15.5. The van der Waals surface area contributed by atoms with Gasteiger partial charge in [-0.2, -0.15) is 4.31 Å². The van der Waals surface area contributed by atoms with Gasteiger partial charge < -0.3 is 14.8 Å². The van der Waals surface area contributed by atoms with E-state index in [9.17, 15) is 8.42 Å². The molecule has 1 N–H and O–H groups in total. The van der Waals surface area contributed by atoms with E-state index in [2.05, 4.69) is 10.2 Å². The van der Waals surface area contributed by atoms with Gasteiger partial charge in [-0.3, -0.25) is 0 Å². The Labute approximate surface area is 121 Å². The number of nitrogens with one attached hydrogen (secondary N) is 1. The van der Waals surface area contributed by atoms with Gasteiger partial charge in [0.05, 0.1) is 0 Å². The molecule has 6 nitrogen and oxygen atoms in total. The minimum absolute atomic E-state index is 0.310. The minimum Gasteiger partial charge on any atom is -0.352 e. The number of hydrogen-bond acceptors (Lipinski definition) is 4. The lowest BCUT2D eigenvalue weighted by Gasteiger charge is -2.19. The van der Waals surface area contributed by atoms with Crippen LogP contribution in [0.2, 0.25) is 0 Å². The van der Waals surface area contributed by atoms with Gasteiger partial charge in [-0.05, 0) is 33.6 Å². The summed E-state index contributed by atoms with van der Waals surface area (Å²) in [4.78, 5) is 2.48. The average Bonchev–Trinajstić information content (AvgIpc) is 2.98. The number of aryl methyl sites for hydroxylation is 1. The van der Waals surface area contributed by atoms with Crippen LogP contribution >= 0.6 is 0 Å². The zero-order chi connectivity index (χ0) is 14.9. The van der Waals surface area contributed by atoms with E-state index in [1.165, 1.54) is 0 Å². The maximum absolute atomic E-state index is 12.6. The van der Waals surface area contributed by atoms with Gasteiger partial charge in [0, 0.05) is 44.6 Å². The quantitative estimate of drug-likeness (QED) is 0.836. The molecule has 0 aliphatic carbocycles. The predicted molar refractivity (Wildman–Crippen MR) is 79.0 cm³/mol. The second kappa shape index (κ2) is 5.85. The van der Waals surface area contributed by atoms with Crippen LogP contribution in [0.25, 0.3) is 0 Å². The molecule has 1 aromatic rings. The maximum atomic E-state index is 12.6. The average molecular weight is 300 g/mol. The molecule has 0 aromatic carbocycles. The van der Waals surface area contributed by atoms with Gasteiger partial charge in [-0.15, -0.1) is 0 Å². The molecule has 1 aliphatic heterocycles. The van der Waals surface area contributed by atoms with Crippen LogP contribution < -0.4 is 5.32 Å². The van der Waals surface area contributed by atoms with Gasteiger partial charge in [0.15, 0.2) is 0 Å². The van der Waals surface area contributed by atoms with E-state index in [-0.39, 0.29) is 0 Å². The first-order chi connectivity index (χ1) is 9.36. The van der Waals surface area contributed by atoms with Crippen LogP contribution in [0.15, 0.2) is 17.2 Å².